The van der Waals surface area contributed by atoms with Gasteiger partial charge in [0.2, 0.25) is 0 Å². The number of hydrogen-bond acceptors (Lipinski definition) is 3. The third-order valence-electron chi connectivity index (χ3n) is 1.41. The number of anilines is 1. The molecule has 0 atom stereocenters. The largest absolute Gasteiger partial charge is 0.397 e. The number of alkyl halides is 2. The number of rotatable bonds is 2. The summed E-state index contributed by atoms with van der Waals surface area (Å²) in [6, 6.07) is 1.07. The molecule has 0 amide bonds. The van der Waals surface area contributed by atoms with Crippen LogP contribution in [0.4, 0.5) is 14.5 Å². The Morgan fingerprint density at radius 1 is 1.62 bits per heavy atom. The van der Waals surface area contributed by atoms with Crippen molar-refractivity contribution in [2.24, 2.45) is 0 Å². The maximum absolute atomic E-state index is 12.3. The Kier molecular flexibility index (Phi) is 3.12. The number of hydrogen-bond donors (Lipinski definition) is 1. The van der Waals surface area contributed by atoms with Crippen molar-refractivity contribution in [2.75, 3.05) is 5.73 Å². The molecule has 0 saturated carbocycles. The molecular formula is C7H5F2IN2O. The van der Waals surface area contributed by atoms with Crippen LogP contribution in [0.3, 0.4) is 0 Å². The molecule has 0 fully saturated rings. The fourth-order valence-electron chi connectivity index (χ4n) is 0.783. The van der Waals surface area contributed by atoms with Gasteiger partial charge in [-0.3, -0.25) is 4.79 Å². The highest BCUT2D eigenvalue weighted by Crippen LogP contribution is 2.25. The molecule has 6 heteroatoms. The molecule has 1 aromatic heterocycles. The monoisotopic (exact) mass is 298 g/mol. The van der Waals surface area contributed by atoms with E-state index in [2.05, 4.69) is 4.98 Å². The van der Waals surface area contributed by atoms with Crippen LogP contribution < -0.4 is 5.73 Å². The smallest absolute Gasteiger partial charge is 0.266 e. The average molecular weight is 298 g/mol. The lowest BCUT2D eigenvalue weighted by Crippen LogP contribution is -2.02. The highest BCUT2D eigenvalue weighted by molar-refractivity contribution is 14.1. The van der Waals surface area contributed by atoms with Gasteiger partial charge in [0.05, 0.1) is 11.3 Å². The van der Waals surface area contributed by atoms with Gasteiger partial charge < -0.3 is 5.73 Å². The lowest BCUT2D eigenvalue weighted by molar-refractivity contribution is 0.111. The molecule has 0 spiro atoms. The fraction of sp³-hybridized carbons (Fsp3) is 0.143. The van der Waals surface area contributed by atoms with Crippen molar-refractivity contribution in [1.29, 1.82) is 0 Å². The fourth-order valence-corrected chi connectivity index (χ4v) is 1.43. The van der Waals surface area contributed by atoms with Crippen LogP contribution in [0.5, 0.6) is 0 Å². The van der Waals surface area contributed by atoms with E-state index in [1.165, 1.54) is 0 Å². The topological polar surface area (TPSA) is 56.0 Å². The first kappa shape index (κ1) is 10.3. The maximum Gasteiger partial charge on any atom is 0.266 e. The highest BCUT2D eigenvalue weighted by Gasteiger charge is 2.15. The van der Waals surface area contributed by atoms with Crippen molar-refractivity contribution in [3.63, 3.8) is 0 Å². The predicted molar refractivity (Wildman–Crippen MR) is 51.7 cm³/mol. The van der Waals surface area contributed by atoms with E-state index in [0.717, 1.165) is 6.07 Å². The van der Waals surface area contributed by atoms with Gasteiger partial charge in [-0.1, -0.05) is 0 Å². The summed E-state index contributed by atoms with van der Waals surface area (Å²) in [5, 5.41) is 0. The molecule has 0 bridgehead atoms. The lowest BCUT2D eigenvalue weighted by Gasteiger charge is -2.05. The zero-order valence-electron chi connectivity index (χ0n) is 6.30. The number of halogens is 3. The van der Waals surface area contributed by atoms with Gasteiger partial charge in [-0.2, -0.15) is 0 Å². The molecular weight excluding hydrogens is 293 g/mol. The average Bonchev–Trinajstić information content (AvgIpc) is 2.07. The van der Waals surface area contributed by atoms with E-state index < -0.39 is 6.43 Å². The number of nitrogen functional groups attached to an aromatic ring is 1. The molecule has 0 aromatic carbocycles. The van der Waals surface area contributed by atoms with Crippen LogP contribution in [0.25, 0.3) is 0 Å². The first-order valence-corrected chi connectivity index (χ1v) is 4.33. The minimum absolute atomic E-state index is 0.00574. The molecule has 1 rings (SSSR count). The van der Waals surface area contributed by atoms with E-state index in [1.54, 1.807) is 22.6 Å². The predicted octanol–water partition coefficient (Wildman–Crippen LogP) is 2.02. The number of aldehydes is 1. The van der Waals surface area contributed by atoms with Crippen LogP contribution in [0.15, 0.2) is 6.07 Å². The molecule has 2 N–H and O–H groups in total. The zero-order chi connectivity index (χ0) is 10.0. The Bertz CT molecular complexity index is 344. The molecule has 0 aliphatic heterocycles. The summed E-state index contributed by atoms with van der Waals surface area (Å²) in [6.45, 7) is 0. The standard InChI is InChI=1S/C7H5F2IN2O/c8-6(9)3-1-4(11)5(2-13)12-7(3)10/h1-2,6H,11H2. The minimum atomic E-state index is -2.62. The zero-order valence-corrected chi connectivity index (χ0v) is 8.46. The van der Waals surface area contributed by atoms with Crippen molar-refractivity contribution in [2.45, 2.75) is 6.43 Å². The quantitative estimate of drug-likeness (QED) is 0.516. The van der Waals surface area contributed by atoms with Gasteiger partial charge >= 0.3 is 0 Å². The van der Waals surface area contributed by atoms with Gasteiger partial charge in [-0.15, -0.1) is 0 Å². The van der Waals surface area contributed by atoms with Crippen molar-refractivity contribution >= 4 is 34.6 Å². The maximum atomic E-state index is 12.3. The number of carbonyl (C=O) groups excluding carboxylic acids is 1. The Labute approximate surface area is 86.5 Å². The molecule has 1 heterocycles. The molecule has 1 aromatic rings. The van der Waals surface area contributed by atoms with Gasteiger partial charge in [-0.05, 0) is 28.7 Å². The van der Waals surface area contributed by atoms with E-state index in [1.807, 2.05) is 0 Å². The first-order chi connectivity index (χ1) is 6.06. The summed E-state index contributed by atoms with van der Waals surface area (Å²) < 4.78 is 24.6. The summed E-state index contributed by atoms with van der Waals surface area (Å²) in [6.07, 6.45) is -2.19. The Morgan fingerprint density at radius 2 is 2.23 bits per heavy atom. The Morgan fingerprint density at radius 3 is 2.69 bits per heavy atom. The summed E-state index contributed by atoms with van der Waals surface area (Å²) in [5.74, 6) is 0. The first-order valence-electron chi connectivity index (χ1n) is 3.25. The summed E-state index contributed by atoms with van der Waals surface area (Å²) >= 11 is 1.64. The van der Waals surface area contributed by atoms with Gasteiger partial charge in [-0.25, -0.2) is 13.8 Å². The van der Waals surface area contributed by atoms with E-state index in [9.17, 15) is 13.6 Å². The molecule has 0 saturated heterocycles. The summed E-state index contributed by atoms with van der Waals surface area (Å²) in [5.41, 5.74) is 5.03. The highest BCUT2D eigenvalue weighted by atomic mass is 127. The SMILES string of the molecule is Nc1cc(C(F)F)c(I)nc1C=O. The number of carbonyl (C=O) groups is 1. The molecule has 0 radical (unpaired) electrons. The minimum Gasteiger partial charge on any atom is -0.397 e. The summed E-state index contributed by atoms with van der Waals surface area (Å²) in [7, 11) is 0. The number of nitrogens with two attached hydrogens (primary N) is 1. The second-order valence-corrected chi connectivity index (χ2v) is 3.28. The van der Waals surface area contributed by atoms with Crippen LogP contribution in [0.1, 0.15) is 22.5 Å². The van der Waals surface area contributed by atoms with Crippen molar-refractivity contribution < 1.29 is 13.6 Å². The van der Waals surface area contributed by atoms with Crippen LogP contribution in [-0.2, 0) is 0 Å². The van der Waals surface area contributed by atoms with Crippen LogP contribution >= 0.6 is 22.6 Å². The van der Waals surface area contributed by atoms with Gasteiger partial charge in [0.1, 0.15) is 9.39 Å². The number of aromatic nitrogens is 1. The molecule has 0 aliphatic carbocycles. The Hall–Kier alpha value is -0.790. The third-order valence-corrected chi connectivity index (χ3v) is 2.27. The van der Waals surface area contributed by atoms with Crippen LogP contribution in [0.2, 0.25) is 0 Å². The second kappa shape index (κ2) is 3.95. The van der Waals surface area contributed by atoms with E-state index in [0.29, 0.717) is 6.29 Å². The van der Waals surface area contributed by atoms with Crippen molar-refractivity contribution in [1.82, 2.24) is 4.98 Å². The molecule has 70 valence electrons. The molecule has 0 aliphatic rings. The molecule has 3 nitrogen and oxygen atoms in total. The lowest BCUT2D eigenvalue weighted by atomic mass is 10.2. The van der Waals surface area contributed by atoms with Crippen LogP contribution in [-0.4, -0.2) is 11.3 Å². The van der Waals surface area contributed by atoms with Gasteiger partial charge in [0.25, 0.3) is 6.43 Å². The van der Waals surface area contributed by atoms with Gasteiger partial charge in [0.15, 0.2) is 6.29 Å². The number of pyridine rings is 1. The Balaban J connectivity index is 3.28. The van der Waals surface area contributed by atoms with E-state index in [-0.39, 0.29) is 20.6 Å². The van der Waals surface area contributed by atoms with Crippen LogP contribution in [0, 0.1) is 3.70 Å². The number of nitrogens with zero attached hydrogens (tertiary/aromatic N) is 1. The third kappa shape index (κ3) is 2.11. The summed E-state index contributed by atoms with van der Waals surface area (Å²) in [4.78, 5) is 14.0. The normalized spacial score (nSPS) is 10.5. The molecule has 13 heavy (non-hydrogen) atoms. The van der Waals surface area contributed by atoms with Crippen molar-refractivity contribution in [3.05, 3.63) is 21.0 Å². The van der Waals surface area contributed by atoms with Crippen molar-refractivity contribution in [3.8, 4) is 0 Å². The molecule has 0 unspecified atom stereocenters. The second-order valence-electron chi connectivity index (χ2n) is 2.26. The van der Waals surface area contributed by atoms with Gasteiger partial charge in [0, 0.05) is 0 Å². The van der Waals surface area contributed by atoms with E-state index >= 15 is 0 Å². The van der Waals surface area contributed by atoms with E-state index in [4.69, 9.17) is 5.73 Å².